The Morgan fingerprint density at radius 1 is 1.21 bits per heavy atom. The van der Waals surface area contributed by atoms with Crippen LogP contribution in [0.2, 0.25) is 4.34 Å². The first-order chi connectivity index (χ1) is 13.4. The van der Waals surface area contributed by atoms with E-state index in [4.69, 9.17) is 11.6 Å². The lowest BCUT2D eigenvalue weighted by atomic mass is 10.2. The van der Waals surface area contributed by atoms with Crippen molar-refractivity contribution in [2.45, 2.75) is 10.6 Å². The summed E-state index contributed by atoms with van der Waals surface area (Å²) in [5.74, 6) is 0.0136. The van der Waals surface area contributed by atoms with E-state index in [1.807, 2.05) is 30.1 Å². The average Bonchev–Trinajstić information content (AvgIpc) is 3.14. The molecule has 1 aliphatic rings. The molecule has 7 nitrogen and oxygen atoms in total. The highest BCUT2D eigenvalue weighted by molar-refractivity contribution is 7.91. The Morgan fingerprint density at radius 3 is 2.57 bits per heavy atom. The molecule has 0 aliphatic carbocycles. The smallest absolute Gasteiger partial charge is 0.252 e. The van der Waals surface area contributed by atoms with Crippen molar-refractivity contribution in [3.63, 3.8) is 0 Å². The Kier molecular flexibility index (Phi) is 7.05. The minimum absolute atomic E-state index is 0.0136. The van der Waals surface area contributed by atoms with Crippen molar-refractivity contribution in [3.8, 4) is 0 Å². The first kappa shape index (κ1) is 21.2. The van der Waals surface area contributed by atoms with Crippen LogP contribution < -0.4 is 0 Å². The zero-order chi connectivity index (χ0) is 20.1. The van der Waals surface area contributed by atoms with E-state index in [0.717, 1.165) is 30.0 Å². The first-order valence-corrected chi connectivity index (χ1v) is 11.6. The fraction of sp³-hybridized carbons (Fsp3) is 0.444. The lowest BCUT2D eigenvalue weighted by Gasteiger charge is -2.34. The summed E-state index contributed by atoms with van der Waals surface area (Å²) in [6.45, 7) is 2.41. The molecule has 0 aromatic carbocycles. The highest BCUT2D eigenvalue weighted by Gasteiger charge is 2.31. The van der Waals surface area contributed by atoms with Crippen LogP contribution in [0.25, 0.3) is 0 Å². The number of carbonyl (C=O) groups is 1. The van der Waals surface area contributed by atoms with Crippen LogP contribution in [0.1, 0.15) is 5.69 Å². The predicted molar refractivity (Wildman–Crippen MR) is 110 cm³/mol. The molecule has 0 saturated carbocycles. The number of likely N-dealkylation sites (N-methyl/N-ethyl adjacent to an activating group) is 1. The van der Waals surface area contributed by atoms with E-state index in [9.17, 15) is 13.2 Å². The largest absolute Gasteiger partial charge is 0.339 e. The molecule has 1 fully saturated rings. The molecule has 28 heavy (non-hydrogen) atoms. The summed E-state index contributed by atoms with van der Waals surface area (Å²) in [5.41, 5.74) is 0.995. The number of sulfonamides is 1. The molecule has 10 heteroatoms. The first-order valence-electron chi connectivity index (χ1n) is 8.98. The SMILES string of the molecule is CN(CCc1ccccn1)CC(=O)N1CCN(S(=O)(=O)c2ccc(Cl)s2)CC1. The monoisotopic (exact) mass is 442 g/mol. The van der Waals surface area contributed by atoms with E-state index in [2.05, 4.69) is 4.98 Å². The van der Waals surface area contributed by atoms with Crippen molar-refractivity contribution >= 4 is 38.9 Å². The molecule has 1 saturated heterocycles. The molecule has 2 aromatic rings. The number of nitrogens with zero attached hydrogens (tertiary/aromatic N) is 4. The fourth-order valence-corrected chi connectivity index (χ4v) is 6.06. The Bertz CT molecular complexity index is 897. The second-order valence-corrected chi connectivity index (χ2v) is 10.5. The number of hydrogen-bond acceptors (Lipinski definition) is 6. The molecule has 152 valence electrons. The van der Waals surface area contributed by atoms with E-state index < -0.39 is 10.0 Å². The fourth-order valence-electron chi connectivity index (χ4n) is 3.00. The number of thiophene rings is 1. The summed E-state index contributed by atoms with van der Waals surface area (Å²) in [4.78, 5) is 20.5. The molecule has 0 radical (unpaired) electrons. The zero-order valence-electron chi connectivity index (χ0n) is 15.6. The molecular formula is C18H23ClN4O3S2. The van der Waals surface area contributed by atoms with E-state index >= 15 is 0 Å². The molecule has 0 spiro atoms. The highest BCUT2D eigenvalue weighted by Crippen LogP contribution is 2.28. The summed E-state index contributed by atoms with van der Waals surface area (Å²) in [5, 5.41) is 0. The van der Waals surface area contributed by atoms with Gasteiger partial charge in [-0.3, -0.25) is 14.7 Å². The van der Waals surface area contributed by atoms with Crippen molar-refractivity contribution in [3.05, 3.63) is 46.6 Å². The minimum Gasteiger partial charge on any atom is -0.339 e. The van der Waals surface area contributed by atoms with Gasteiger partial charge in [-0.15, -0.1) is 11.3 Å². The van der Waals surface area contributed by atoms with Crippen LogP contribution in [0, 0.1) is 0 Å². The molecule has 3 heterocycles. The minimum atomic E-state index is -3.54. The van der Waals surface area contributed by atoms with Crippen molar-refractivity contribution < 1.29 is 13.2 Å². The summed E-state index contributed by atoms with van der Waals surface area (Å²) in [6, 6.07) is 8.90. The topological polar surface area (TPSA) is 73.8 Å². The molecular weight excluding hydrogens is 420 g/mol. The Morgan fingerprint density at radius 2 is 1.96 bits per heavy atom. The molecule has 1 amide bonds. The van der Waals surface area contributed by atoms with Crippen molar-refractivity contribution in [1.29, 1.82) is 0 Å². The zero-order valence-corrected chi connectivity index (χ0v) is 18.0. The highest BCUT2D eigenvalue weighted by atomic mass is 35.5. The van der Waals surface area contributed by atoms with Gasteiger partial charge in [-0.05, 0) is 31.3 Å². The number of hydrogen-bond donors (Lipinski definition) is 0. The molecule has 0 bridgehead atoms. The van der Waals surface area contributed by atoms with Crippen LogP contribution in [0.5, 0.6) is 0 Å². The van der Waals surface area contributed by atoms with Crippen molar-refractivity contribution in [2.75, 3.05) is 46.3 Å². The van der Waals surface area contributed by atoms with Gasteiger partial charge in [0.25, 0.3) is 10.0 Å². The lowest BCUT2D eigenvalue weighted by Crippen LogP contribution is -2.52. The van der Waals surface area contributed by atoms with Gasteiger partial charge in [0.2, 0.25) is 5.91 Å². The van der Waals surface area contributed by atoms with Crippen LogP contribution in [0.15, 0.2) is 40.7 Å². The third kappa shape index (κ3) is 5.30. The Labute approximate surface area is 174 Å². The van der Waals surface area contributed by atoms with Gasteiger partial charge >= 0.3 is 0 Å². The number of piperazine rings is 1. The van der Waals surface area contributed by atoms with Gasteiger partial charge in [0.15, 0.2) is 0 Å². The quantitative estimate of drug-likeness (QED) is 0.653. The number of carbonyl (C=O) groups excluding carboxylic acids is 1. The third-order valence-electron chi connectivity index (χ3n) is 4.62. The molecule has 0 atom stereocenters. The van der Waals surface area contributed by atoms with E-state index in [1.165, 1.54) is 10.4 Å². The number of rotatable bonds is 7. The van der Waals surface area contributed by atoms with Crippen LogP contribution >= 0.6 is 22.9 Å². The number of aromatic nitrogens is 1. The Balaban J connectivity index is 1.47. The van der Waals surface area contributed by atoms with Gasteiger partial charge in [-0.1, -0.05) is 17.7 Å². The molecule has 2 aromatic heterocycles. The second kappa shape index (κ2) is 9.32. The van der Waals surface area contributed by atoms with Gasteiger partial charge in [-0.2, -0.15) is 4.31 Å². The van der Waals surface area contributed by atoms with Gasteiger partial charge in [0.05, 0.1) is 10.9 Å². The maximum atomic E-state index is 12.6. The van der Waals surface area contributed by atoms with Crippen molar-refractivity contribution in [2.24, 2.45) is 0 Å². The average molecular weight is 443 g/mol. The number of halogens is 1. The van der Waals surface area contributed by atoms with Gasteiger partial charge in [-0.25, -0.2) is 8.42 Å². The standard InChI is InChI=1S/C18H23ClN4O3S2/c1-21(9-7-15-4-2-3-8-20-15)14-17(24)22-10-12-23(13-11-22)28(25,26)18-6-5-16(19)27-18/h2-6,8H,7,9-14H2,1H3. The predicted octanol–water partition coefficient (Wildman–Crippen LogP) is 1.80. The van der Waals surface area contributed by atoms with Gasteiger partial charge < -0.3 is 4.90 Å². The lowest BCUT2D eigenvalue weighted by molar-refractivity contribution is -0.133. The number of pyridine rings is 1. The summed E-state index contributed by atoms with van der Waals surface area (Å²) in [6.07, 6.45) is 2.54. The van der Waals surface area contributed by atoms with Gasteiger partial charge in [0.1, 0.15) is 4.21 Å². The molecule has 0 N–H and O–H groups in total. The summed E-state index contributed by atoms with van der Waals surface area (Å²) in [7, 11) is -1.64. The maximum absolute atomic E-state index is 12.6. The van der Waals surface area contributed by atoms with Crippen molar-refractivity contribution in [1.82, 2.24) is 19.1 Å². The molecule has 3 rings (SSSR count). The van der Waals surface area contributed by atoms with Crippen LogP contribution in [0.3, 0.4) is 0 Å². The van der Waals surface area contributed by atoms with E-state index in [0.29, 0.717) is 37.1 Å². The normalized spacial score (nSPS) is 15.9. The summed E-state index contributed by atoms with van der Waals surface area (Å²) < 4.78 is 27.4. The molecule has 0 unspecified atom stereocenters. The molecule has 1 aliphatic heterocycles. The van der Waals surface area contributed by atoms with Crippen LogP contribution in [-0.4, -0.2) is 79.7 Å². The third-order valence-corrected chi connectivity index (χ3v) is 8.21. The maximum Gasteiger partial charge on any atom is 0.252 e. The van der Waals surface area contributed by atoms with Crippen LogP contribution in [0.4, 0.5) is 0 Å². The van der Waals surface area contributed by atoms with Crippen LogP contribution in [-0.2, 0) is 21.2 Å². The van der Waals surface area contributed by atoms with E-state index in [-0.39, 0.29) is 10.1 Å². The summed E-state index contributed by atoms with van der Waals surface area (Å²) >= 11 is 6.91. The second-order valence-electron chi connectivity index (χ2n) is 6.65. The number of amides is 1. The Hall–Kier alpha value is -1.52. The van der Waals surface area contributed by atoms with Gasteiger partial charge in [0, 0.05) is 51.0 Å². The van der Waals surface area contributed by atoms with E-state index in [1.54, 1.807) is 17.2 Å².